The second kappa shape index (κ2) is 4.70. The van der Waals surface area contributed by atoms with Crippen molar-refractivity contribution in [2.45, 2.75) is 0 Å². The van der Waals surface area contributed by atoms with Crippen molar-refractivity contribution in [3.8, 4) is 0 Å². The number of hydrogen-bond donors (Lipinski definition) is 2. The van der Waals surface area contributed by atoms with Gasteiger partial charge in [0.15, 0.2) is 11.6 Å². The third-order valence-corrected chi connectivity index (χ3v) is 1.68. The van der Waals surface area contributed by atoms with E-state index in [9.17, 15) is 13.6 Å². The van der Waals surface area contributed by atoms with E-state index < -0.39 is 23.2 Å². The van der Waals surface area contributed by atoms with Crippen molar-refractivity contribution in [3.63, 3.8) is 0 Å². The molecule has 6 heteroatoms. The first-order chi connectivity index (χ1) is 7.06. The largest absolute Gasteiger partial charge is 0.395 e. The van der Waals surface area contributed by atoms with Gasteiger partial charge in [0.05, 0.1) is 11.4 Å². The molecule has 0 aliphatic carbocycles. The molecule has 0 aliphatic heterocycles. The van der Waals surface area contributed by atoms with Crippen LogP contribution in [0.2, 0.25) is 0 Å². The number of halogens is 2. The fourth-order valence-electron chi connectivity index (χ4n) is 0.993. The molecule has 0 aromatic heterocycles. The number of anilines is 2. The summed E-state index contributed by atoms with van der Waals surface area (Å²) in [5.41, 5.74) is 4.85. The van der Waals surface area contributed by atoms with Gasteiger partial charge in [-0.2, -0.15) is 0 Å². The lowest BCUT2D eigenvalue weighted by Crippen LogP contribution is -2.18. The minimum atomic E-state index is -1.18. The van der Waals surface area contributed by atoms with Crippen molar-refractivity contribution in [3.05, 3.63) is 23.8 Å². The van der Waals surface area contributed by atoms with Crippen molar-refractivity contribution in [2.24, 2.45) is 0 Å². The van der Waals surface area contributed by atoms with Crippen molar-refractivity contribution >= 4 is 17.3 Å². The van der Waals surface area contributed by atoms with Gasteiger partial charge in [0.25, 0.3) is 0 Å². The van der Waals surface area contributed by atoms with Gasteiger partial charge < -0.3 is 15.8 Å². The summed E-state index contributed by atoms with van der Waals surface area (Å²) in [5.74, 6) is -2.72. The first-order valence-corrected chi connectivity index (χ1v) is 4.08. The molecule has 0 fully saturated rings. The molecule has 82 valence electrons. The number of methoxy groups -OCH3 is 1. The van der Waals surface area contributed by atoms with Crippen LogP contribution in [0.5, 0.6) is 0 Å². The molecule has 0 saturated heterocycles. The highest BCUT2D eigenvalue weighted by atomic mass is 19.2. The van der Waals surface area contributed by atoms with Crippen LogP contribution in [0.1, 0.15) is 0 Å². The molecule has 0 radical (unpaired) electrons. The number of nitrogens with one attached hydrogen (secondary N) is 1. The second-order valence-electron chi connectivity index (χ2n) is 2.80. The molecule has 0 atom stereocenters. The van der Waals surface area contributed by atoms with Crippen molar-refractivity contribution in [2.75, 3.05) is 24.8 Å². The second-order valence-corrected chi connectivity index (χ2v) is 2.80. The Kier molecular flexibility index (Phi) is 3.56. The summed E-state index contributed by atoms with van der Waals surface area (Å²) in [7, 11) is 1.34. The number of hydrogen-bond acceptors (Lipinski definition) is 3. The van der Waals surface area contributed by atoms with E-state index in [0.717, 1.165) is 6.07 Å². The SMILES string of the molecule is COCC(=O)Nc1ccc(F)c(F)c1N. The van der Waals surface area contributed by atoms with Crippen LogP contribution in [0.25, 0.3) is 0 Å². The predicted molar refractivity (Wildman–Crippen MR) is 51.3 cm³/mol. The summed E-state index contributed by atoms with van der Waals surface area (Å²) in [4.78, 5) is 11.1. The number of carbonyl (C=O) groups excluding carboxylic acids is 1. The number of nitrogens with two attached hydrogens (primary N) is 1. The molecule has 0 saturated carbocycles. The first kappa shape index (κ1) is 11.4. The zero-order valence-corrected chi connectivity index (χ0v) is 8.01. The highest BCUT2D eigenvalue weighted by molar-refractivity contribution is 5.94. The maximum Gasteiger partial charge on any atom is 0.250 e. The molecule has 0 spiro atoms. The van der Waals surface area contributed by atoms with Crippen LogP contribution in [0.4, 0.5) is 20.2 Å². The minimum absolute atomic E-state index is 0.0240. The summed E-state index contributed by atoms with van der Waals surface area (Å²) in [6, 6.07) is 2.06. The van der Waals surface area contributed by atoms with Crippen LogP contribution < -0.4 is 11.1 Å². The number of benzene rings is 1. The summed E-state index contributed by atoms with van der Waals surface area (Å²) in [6.45, 7) is -0.182. The molecule has 0 heterocycles. The summed E-state index contributed by atoms with van der Waals surface area (Å²) >= 11 is 0. The van der Waals surface area contributed by atoms with Gasteiger partial charge in [-0.3, -0.25) is 4.79 Å². The Bertz CT molecular complexity index is 383. The molecule has 0 aliphatic rings. The van der Waals surface area contributed by atoms with Gasteiger partial charge >= 0.3 is 0 Å². The molecular formula is C9H10F2N2O2. The lowest BCUT2D eigenvalue weighted by Gasteiger charge is -2.08. The summed E-state index contributed by atoms with van der Waals surface area (Å²) in [5, 5.41) is 2.28. The predicted octanol–water partition coefficient (Wildman–Crippen LogP) is 1.13. The van der Waals surface area contributed by atoms with Gasteiger partial charge in [-0.15, -0.1) is 0 Å². The molecule has 1 amide bonds. The highest BCUT2D eigenvalue weighted by Gasteiger charge is 2.12. The highest BCUT2D eigenvalue weighted by Crippen LogP contribution is 2.23. The molecule has 1 aromatic carbocycles. The zero-order valence-electron chi connectivity index (χ0n) is 8.01. The van der Waals surface area contributed by atoms with Crippen molar-refractivity contribution < 1.29 is 18.3 Å². The van der Waals surface area contributed by atoms with Gasteiger partial charge in [-0.25, -0.2) is 8.78 Å². The molecule has 0 bridgehead atoms. The Balaban J connectivity index is 2.87. The Morgan fingerprint density at radius 3 is 2.80 bits per heavy atom. The maximum absolute atomic E-state index is 12.9. The van der Waals surface area contributed by atoms with Crippen LogP contribution in [-0.4, -0.2) is 19.6 Å². The van der Waals surface area contributed by atoms with Gasteiger partial charge in [-0.05, 0) is 12.1 Å². The van der Waals surface area contributed by atoms with E-state index in [0.29, 0.717) is 0 Å². The number of nitrogen functional groups attached to an aromatic ring is 1. The lowest BCUT2D eigenvalue weighted by molar-refractivity contribution is -0.119. The number of rotatable bonds is 3. The van der Waals surface area contributed by atoms with E-state index in [-0.39, 0.29) is 12.3 Å². The number of ether oxygens (including phenoxy) is 1. The normalized spacial score (nSPS) is 10.1. The van der Waals surface area contributed by atoms with Gasteiger partial charge in [-0.1, -0.05) is 0 Å². The third kappa shape index (κ3) is 2.63. The summed E-state index contributed by atoms with van der Waals surface area (Å²) in [6.07, 6.45) is 0. The quantitative estimate of drug-likeness (QED) is 0.744. The molecule has 4 nitrogen and oxygen atoms in total. The van der Waals surface area contributed by atoms with Gasteiger partial charge in [0, 0.05) is 7.11 Å². The molecular weight excluding hydrogens is 206 g/mol. The van der Waals surface area contributed by atoms with Gasteiger partial charge in [0.1, 0.15) is 6.61 Å². The first-order valence-electron chi connectivity index (χ1n) is 4.08. The molecule has 1 rings (SSSR count). The van der Waals surface area contributed by atoms with Crippen LogP contribution in [0, 0.1) is 11.6 Å². The van der Waals surface area contributed by atoms with E-state index in [2.05, 4.69) is 10.1 Å². The zero-order chi connectivity index (χ0) is 11.4. The molecule has 0 unspecified atom stereocenters. The van der Waals surface area contributed by atoms with Crippen molar-refractivity contribution in [1.82, 2.24) is 0 Å². The monoisotopic (exact) mass is 216 g/mol. The third-order valence-electron chi connectivity index (χ3n) is 1.68. The Morgan fingerprint density at radius 1 is 1.53 bits per heavy atom. The fraction of sp³-hybridized carbons (Fsp3) is 0.222. The molecule has 15 heavy (non-hydrogen) atoms. The van der Waals surface area contributed by atoms with Crippen LogP contribution in [0.15, 0.2) is 12.1 Å². The standard InChI is InChI=1S/C9H10F2N2O2/c1-15-4-7(14)13-6-3-2-5(10)8(11)9(6)12/h2-3H,4,12H2,1H3,(H,13,14). The van der Waals surface area contributed by atoms with Crippen LogP contribution in [-0.2, 0) is 9.53 Å². The van der Waals surface area contributed by atoms with E-state index in [4.69, 9.17) is 5.73 Å². The summed E-state index contributed by atoms with van der Waals surface area (Å²) < 4.78 is 30.1. The van der Waals surface area contributed by atoms with E-state index in [1.165, 1.54) is 13.2 Å². The van der Waals surface area contributed by atoms with E-state index in [1.54, 1.807) is 0 Å². The fourth-order valence-corrected chi connectivity index (χ4v) is 0.993. The number of amides is 1. The van der Waals surface area contributed by atoms with Crippen molar-refractivity contribution in [1.29, 1.82) is 0 Å². The maximum atomic E-state index is 12.9. The Hall–Kier alpha value is -1.69. The number of carbonyl (C=O) groups is 1. The van der Waals surface area contributed by atoms with Crippen LogP contribution in [0.3, 0.4) is 0 Å². The Morgan fingerprint density at radius 2 is 2.20 bits per heavy atom. The van der Waals surface area contributed by atoms with E-state index in [1.807, 2.05) is 0 Å². The topological polar surface area (TPSA) is 64.3 Å². The average Bonchev–Trinajstić information content (AvgIpc) is 2.20. The molecule has 1 aromatic rings. The smallest absolute Gasteiger partial charge is 0.250 e. The average molecular weight is 216 g/mol. The lowest BCUT2D eigenvalue weighted by atomic mass is 10.2. The molecule has 3 N–H and O–H groups in total. The Labute approximate surface area is 85.0 Å². The van der Waals surface area contributed by atoms with E-state index >= 15 is 0 Å². The van der Waals surface area contributed by atoms with Crippen LogP contribution >= 0.6 is 0 Å². The van der Waals surface area contributed by atoms with Gasteiger partial charge in [0.2, 0.25) is 5.91 Å². The minimum Gasteiger partial charge on any atom is -0.395 e.